The average molecular weight is 288 g/mol. The number of hydrogen-bond acceptors (Lipinski definition) is 2. The number of carboxylic acid groups (broad SMARTS) is 1. The van der Waals surface area contributed by atoms with Crippen LogP contribution >= 0.6 is 15.9 Å². The second-order valence-corrected chi connectivity index (χ2v) is 4.70. The molecule has 2 rings (SSSR count). The number of halogens is 2. The van der Waals surface area contributed by atoms with Gasteiger partial charge >= 0.3 is 5.97 Å². The van der Waals surface area contributed by atoms with Crippen molar-refractivity contribution >= 4 is 27.6 Å². The minimum Gasteiger partial charge on any atom is -0.480 e. The van der Waals surface area contributed by atoms with Crippen LogP contribution in [0.1, 0.15) is 12.8 Å². The number of carbonyl (C=O) groups is 1. The molecule has 0 bridgehead atoms. The third-order valence-electron chi connectivity index (χ3n) is 2.76. The van der Waals surface area contributed by atoms with Crippen LogP contribution in [0.15, 0.2) is 22.7 Å². The Kier molecular flexibility index (Phi) is 3.14. The predicted octanol–water partition coefficient (Wildman–Crippen LogP) is 2.64. The van der Waals surface area contributed by atoms with Crippen molar-refractivity contribution in [2.24, 2.45) is 0 Å². The number of nitrogens with zero attached hydrogens (tertiary/aromatic N) is 1. The lowest BCUT2D eigenvalue weighted by Gasteiger charge is -2.24. The summed E-state index contributed by atoms with van der Waals surface area (Å²) in [5, 5.41) is 9.02. The SMILES string of the molecule is O=C(O)[C@@H]1CCCN1c1ccc(Br)cc1F. The first kappa shape index (κ1) is 11.4. The van der Waals surface area contributed by atoms with E-state index in [1.165, 1.54) is 6.07 Å². The first-order chi connectivity index (χ1) is 7.59. The maximum absolute atomic E-state index is 13.7. The molecule has 0 amide bonds. The highest BCUT2D eigenvalue weighted by Crippen LogP contribution is 2.29. The number of benzene rings is 1. The Morgan fingerprint density at radius 1 is 1.56 bits per heavy atom. The van der Waals surface area contributed by atoms with Gasteiger partial charge in [-0.3, -0.25) is 0 Å². The van der Waals surface area contributed by atoms with Crippen molar-refractivity contribution in [1.29, 1.82) is 0 Å². The largest absolute Gasteiger partial charge is 0.480 e. The van der Waals surface area contributed by atoms with E-state index in [0.717, 1.165) is 6.42 Å². The monoisotopic (exact) mass is 287 g/mol. The molecule has 1 fully saturated rings. The van der Waals surface area contributed by atoms with Crippen LogP contribution in [0, 0.1) is 5.82 Å². The molecule has 0 unspecified atom stereocenters. The van der Waals surface area contributed by atoms with E-state index in [0.29, 0.717) is 23.1 Å². The van der Waals surface area contributed by atoms with Crippen LogP contribution < -0.4 is 4.90 Å². The van der Waals surface area contributed by atoms with E-state index >= 15 is 0 Å². The number of aliphatic carboxylic acids is 1. The summed E-state index contributed by atoms with van der Waals surface area (Å²) in [7, 11) is 0. The van der Waals surface area contributed by atoms with E-state index < -0.39 is 12.0 Å². The number of carboxylic acids is 1. The molecule has 5 heteroatoms. The fourth-order valence-corrected chi connectivity index (χ4v) is 2.36. The van der Waals surface area contributed by atoms with Crippen molar-refractivity contribution < 1.29 is 14.3 Å². The highest BCUT2D eigenvalue weighted by atomic mass is 79.9. The summed E-state index contributed by atoms with van der Waals surface area (Å²) in [6, 6.07) is 4.08. The average Bonchev–Trinajstić information content (AvgIpc) is 2.66. The second kappa shape index (κ2) is 4.41. The van der Waals surface area contributed by atoms with Gasteiger partial charge in [-0.25, -0.2) is 9.18 Å². The van der Waals surface area contributed by atoms with Crippen LogP contribution in [0.4, 0.5) is 10.1 Å². The van der Waals surface area contributed by atoms with Crippen LogP contribution in [0.2, 0.25) is 0 Å². The quantitative estimate of drug-likeness (QED) is 0.909. The summed E-state index contributed by atoms with van der Waals surface area (Å²) in [6.45, 7) is 0.593. The molecule has 1 atom stereocenters. The Hall–Kier alpha value is -1.10. The molecule has 1 aliphatic heterocycles. The third kappa shape index (κ3) is 2.04. The van der Waals surface area contributed by atoms with Gasteiger partial charge in [0.15, 0.2) is 0 Å². The maximum atomic E-state index is 13.7. The van der Waals surface area contributed by atoms with Crippen molar-refractivity contribution in [3.63, 3.8) is 0 Å². The molecule has 1 heterocycles. The Labute approximate surface area is 101 Å². The van der Waals surface area contributed by atoms with Gasteiger partial charge in [0.2, 0.25) is 0 Å². The van der Waals surface area contributed by atoms with Gasteiger partial charge in [-0.15, -0.1) is 0 Å². The number of rotatable bonds is 2. The van der Waals surface area contributed by atoms with Gasteiger partial charge in [0.25, 0.3) is 0 Å². The highest BCUT2D eigenvalue weighted by molar-refractivity contribution is 9.10. The summed E-state index contributed by atoms with van der Waals surface area (Å²) in [5.41, 5.74) is 0.369. The summed E-state index contributed by atoms with van der Waals surface area (Å²) >= 11 is 3.17. The summed E-state index contributed by atoms with van der Waals surface area (Å²) in [6.07, 6.45) is 1.36. The van der Waals surface area contributed by atoms with Crippen molar-refractivity contribution in [3.05, 3.63) is 28.5 Å². The zero-order valence-corrected chi connectivity index (χ0v) is 10.1. The molecule has 1 aromatic carbocycles. The van der Waals surface area contributed by atoms with Crippen LogP contribution in [0.5, 0.6) is 0 Å². The lowest BCUT2D eigenvalue weighted by Crippen LogP contribution is -2.36. The van der Waals surface area contributed by atoms with Gasteiger partial charge in [0, 0.05) is 11.0 Å². The normalized spacial score (nSPS) is 20.1. The zero-order valence-electron chi connectivity index (χ0n) is 8.49. The molecular weight excluding hydrogens is 277 g/mol. The molecule has 0 saturated carbocycles. The van der Waals surface area contributed by atoms with Crippen LogP contribution in [-0.2, 0) is 4.79 Å². The van der Waals surface area contributed by atoms with E-state index in [1.807, 2.05) is 0 Å². The fourth-order valence-electron chi connectivity index (χ4n) is 2.03. The Morgan fingerprint density at radius 2 is 2.31 bits per heavy atom. The number of hydrogen-bond donors (Lipinski definition) is 1. The van der Waals surface area contributed by atoms with Gasteiger partial charge < -0.3 is 10.0 Å². The van der Waals surface area contributed by atoms with Crippen molar-refractivity contribution in [2.45, 2.75) is 18.9 Å². The lowest BCUT2D eigenvalue weighted by atomic mass is 10.2. The third-order valence-corrected chi connectivity index (χ3v) is 3.25. The number of anilines is 1. The molecule has 0 radical (unpaired) electrons. The molecule has 1 saturated heterocycles. The molecule has 3 nitrogen and oxygen atoms in total. The van der Waals surface area contributed by atoms with Crippen LogP contribution in [0.25, 0.3) is 0 Å². The van der Waals surface area contributed by atoms with Gasteiger partial charge in [-0.05, 0) is 31.0 Å². The van der Waals surface area contributed by atoms with E-state index in [-0.39, 0.29) is 5.82 Å². The minimum atomic E-state index is -0.889. The highest BCUT2D eigenvalue weighted by Gasteiger charge is 2.31. The summed E-state index contributed by atoms with van der Waals surface area (Å²) in [5.74, 6) is -1.28. The second-order valence-electron chi connectivity index (χ2n) is 3.79. The van der Waals surface area contributed by atoms with Gasteiger partial charge in [-0.1, -0.05) is 15.9 Å². The fraction of sp³-hybridized carbons (Fsp3) is 0.364. The molecule has 0 aliphatic carbocycles. The van der Waals surface area contributed by atoms with E-state index in [9.17, 15) is 9.18 Å². The molecule has 0 spiro atoms. The standard InChI is InChI=1S/C11H11BrFNO2/c12-7-3-4-9(8(13)6-7)14-5-1-2-10(14)11(15)16/h3-4,6,10H,1-2,5H2,(H,15,16)/t10-/m0/s1. The van der Waals surface area contributed by atoms with Gasteiger partial charge in [-0.2, -0.15) is 0 Å². The molecule has 0 aromatic heterocycles. The lowest BCUT2D eigenvalue weighted by molar-refractivity contribution is -0.138. The topological polar surface area (TPSA) is 40.5 Å². The van der Waals surface area contributed by atoms with Crippen LogP contribution in [-0.4, -0.2) is 23.7 Å². The van der Waals surface area contributed by atoms with Gasteiger partial charge in [0.05, 0.1) is 5.69 Å². The van der Waals surface area contributed by atoms with Gasteiger partial charge in [0.1, 0.15) is 11.9 Å². The molecule has 86 valence electrons. The predicted molar refractivity (Wildman–Crippen MR) is 62.1 cm³/mol. The maximum Gasteiger partial charge on any atom is 0.326 e. The smallest absolute Gasteiger partial charge is 0.326 e. The van der Waals surface area contributed by atoms with E-state index in [1.54, 1.807) is 17.0 Å². The van der Waals surface area contributed by atoms with Crippen LogP contribution in [0.3, 0.4) is 0 Å². The van der Waals surface area contributed by atoms with E-state index in [2.05, 4.69) is 15.9 Å². The first-order valence-corrected chi connectivity index (χ1v) is 5.83. The molecule has 1 aromatic rings. The molecular formula is C11H11BrFNO2. The zero-order chi connectivity index (χ0) is 11.7. The first-order valence-electron chi connectivity index (χ1n) is 5.04. The van der Waals surface area contributed by atoms with Crippen molar-refractivity contribution in [3.8, 4) is 0 Å². The summed E-state index contributed by atoms with van der Waals surface area (Å²) < 4.78 is 14.3. The minimum absolute atomic E-state index is 0.369. The summed E-state index contributed by atoms with van der Waals surface area (Å²) in [4.78, 5) is 12.6. The Balaban J connectivity index is 2.32. The molecule has 1 aliphatic rings. The van der Waals surface area contributed by atoms with Crippen molar-refractivity contribution in [2.75, 3.05) is 11.4 Å². The van der Waals surface area contributed by atoms with E-state index in [4.69, 9.17) is 5.11 Å². The molecule has 16 heavy (non-hydrogen) atoms. The Morgan fingerprint density at radius 3 is 2.94 bits per heavy atom. The van der Waals surface area contributed by atoms with Crippen molar-refractivity contribution in [1.82, 2.24) is 0 Å². The molecule has 1 N–H and O–H groups in total. The Bertz CT molecular complexity index is 424.